The fraction of sp³-hybridized carbons (Fsp3) is 0.556. The summed E-state index contributed by atoms with van der Waals surface area (Å²) in [4.78, 5) is 8.77. The van der Waals surface area contributed by atoms with Crippen molar-refractivity contribution in [3.05, 3.63) is 16.5 Å². The first-order valence-corrected chi connectivity index (χ1v) is 6.90. The SMILES string of the molecule is CNc1nc(C)nc(Cl)c1CC(Br)CBr. The first kappa shape index (κ1) is 13.2. The Hall–Kier alpha value is 0.130. The molecule has 84 valence electrons. The van der Waals surface area contributed by atoms with Crippen LogP contribution in [0.15, 0.2) is 0 Å². The molecule has 1 rings (SSSR count). The van der Waals surface area contributed by atoms with Gasteiger partial charge in [0, 0.05) is 22.8 Å². The van der Waals surface area contributed by atoms with Gasteiger partial charge in [-0.2, -0.15) is 0 Å². The second-order valence-corrected chi connectivity index (χ2v) is 5.39. The van der Waals surface area contributed by atoms with E-state index in [1.807, 2.05) is 14.0 Å². The summed E-state index contributed by atoms with van der Waals surface area (Å²) in [6, 6.07) is 0. The van der Waals surface area contributed by atoms with Gasteiger partial charge in [0.25, 0.3) is 0 Å². The van der Waals surface area contributed by atoms with Crippen molar-refractivity contribution in [2.24, 2.45) is 0 Å². The molecule has 1 heterocycles. The summed E-state index contributed by atoms with van der Waals surface area (Å²) in [6.45, 7) is 1.83. The molecule has 0 amide bonds. The highest BCUT2D eigenvalue weighted by molar-refractivity contribution is 9.12. The van der Waals surface area contributed by atoms with Gasteiger partial charge >= 0.3 is 0 Å². The Morgan fingerprint density at radius 2 is 2.13 bits per heavy atom. The monoisotopic (exact) mass is 355 g/mol. The molecule has 0 saturated heterocycles. The lowest BCUT2D eigenvalue weighted by Crippen LogP contribution is -2.10. The molecule has 3 nitrogen and oxygen atoms in total. The highest BCUT2D eigenvalue weighted by Crippen LogP contribution is 2.24. The molecule has 0 aromatic carbocycles. The van der Waals surface area contributed by atoms with Crippen LogP contribution >= 0.6 is 43.5 Å². The summed E-state index contributed by atoms with van der Waals surface area (Å²) in [6.07, 6.45) is 0.792. The molecule has 15 heavy (non-hydrogen) atoms. The van der Waals surface area contributed by atoms with E-state index in [0.717, 1.165) is 23.1 Å². The predicted octanol–water partition coefficient (Wildman–Crippen LogP) is 3.18. The van der Waals surface area contributed by atoms with Crippen LogP contribution in [0.2, 0.25) is 5.15 Å². The third-order valence-electron chi connectivity index (χ3n) is 1.90. The summed E-state index contributed by atoms with van der Waals surface area (Å²) >= 11 is 13.0. The van der Waals surface area contributed by atoms with Crippen LogP contribution in [0.3, 0.4) is 0 Å². The molecule has 0 bridgehead atoms. The number of alkyl halides is 2. The molecular weight excluding hydrogens is 345 g/mol. The summed E-state index contributed by atoms with van der Waals surface area (Å²) in [5.74, 6) is 1.48. The van der Waals surface area contributed by atoms with Gasteiger partial charge in [-0.3, -0.25) is 0 Å². The van der Waals surface area contributed by atoms with Crippen LogP contribution in [0, 0.1) is 6.92 Å². The van der Waals surface area contributed by atoms with Crippen molar-refractivity contribution in [1.29, 1.82) is 0 Å². The van der Waals surface area contributed by atoms with Gasteiger partial charge in [0.05, 0.1) is 0 Å². The number of halogens is 3. The predicted molar refractivity (Wildman–Crippen MR) is 71.5 cm³/mol. The van der Waals surface area contributed by atoms with E-state index in [1.165, 1.54) is 0 Å². The van der Waals surface area contributed by atoms with Gasteiger partial charge in [-0.15, -0.1) is 0 Å². The number of rotatable bonds is 4. The molecule has 6 heteroatoms. The number of anilines is 1. The number of nitrogens with one attached hydrogen (secondary N) is 1. The van der Waals surface area contributed by atoms with Crippen LogP contribution in [0.25, 0.3) is 0 Å². The van der Waals surface area contributed by atoms with Crippen LogP contribution in [0.1, 0.15) is 11.4 Å². The van der Waals surface area contributed by atoms with Crippen LogP contribution in [0.5, 0.6) is 0 Å². The van der Waals surface area contributed by atoms with Crippen molar-refractivity contribution in [3.8, 4) is 0 Å². The van der Waals surface area contributed by atoms with E-state index >= 15 is 0 Å². The summed E-state index contributed by atoms with van der Waals surface area (Å²) in [5, 5.41) is 4.42. The van der Waals surface area contributed by atoms with Crippen molar-refractivity contribution in [2.45, 2.75) is 18.2 Å². The average Bonchev–Trinajstić information content (AvgIpc) is 2.21. The summed E-state index contributed by atoms with van der Waals surface area (Å²) in [5.41, 5.74) is 0.950. The average molecular weight is 357 g/mol. The quantitative estimate of drug-likeness (QED) is 0.664. The summed E-state index contributed by atoms with van der Waals surface area (Å²) in [7, 11) is 1.83. The minimum Gasteiger partial charge on any atom is -0.373 e. The molecule has 0 saturated carbocycles. The summed E-state index contributed by atoms with van der Waals surface area (Å²) < 4.78 is 0. The van der Waals surface area contributed by atoms with E-state index in [4.69, 9.17) is 11.6 Å². The van der Waals surface area contributed by atoms with E-state index in [1.54, 1.807) is 0 Å². The van der Waals surface area contributed by atoms with Crippen molar-refractivity contribution in [2.75, 3.05) is 17.7 Å². The highest BCUT2D eigenvalue weighted by Gasteiger charge is 2.14. The topological polar surface area (TPSA) is 37.8 Å². The maximum atomic E-state index is 6.09. The maximum Gasteiger partial charge on any atom is 0.138 e. The maximum absolute atomic E-state index is 6.09. The zero-order valence-corrected chi connectivity index (χ0v) is 12.4. The molecule has 0 radical (unpaired) electrons. The van der Waals surface area contributed by atoms with Crippen LogP contribution in [-0.2, 0) is 6.42 Å². The lowest BCUT2D eigenvalue weighted by atomic mass is 10.2. The van der Waals surface area contributed by atoms with Gasteiger partial charge < -0.3 is 5.32 Å². The van der Waals surface area contributed by atoms with E-state index < -0.39 is 0 Å². The lowest BCUT2D eigenvalue weighted by molar-refractivity contribution is 0.930. The van der Waals surface area contributed by atoms with E-state index in [0.29, 0.717) is 15.8 Å². The Morgan fingerprint density at radius 1 is 1.47 bits per heavy atom. The molecule has 1 unspecified atom stereocenters. The number of aryl methyl sites for hydroxylation is 1. The molecule has 0 fully saturated rings. The van der Waals surface area contributed by atoms with E-state index in [-0.39, 0.29) is 0 Å². The minimum absolute atomic E-state index is 0.327. The normalized spacial score (nSPS) is 12.6. The van der Waals surface area contributed by atoms with Gasteiger partial charge in [0.1, 0.15) is 16.8 Å². The van der Waals surface area contributed by atoms with E-state index in [2.05, 4.69) is 47.1 Å². The molecule has 1 N–H and O–H groups in total. The van der Waals surface area contributed by atoms with Gasteiger partial charge in [-0.1, -0.05) is 43.5 Å². The van der Waals surface area contributed by atoms with Gasteiger partial charge in [-0.05, 0) is 13.3 Å². The van der Waals surface area contributed by atoms with E-state index in [9.17, 15) is 0 Å². The molecule has 0 aliphatic rings. The molecule has 0 spiro atoms. The van der Waals surface area contributed by atoms with Crippen molar-refractivity contribution < 1.29 is 0 Å². The number of hydrogen-bond donors (Lipinski definition) is 1. The molecule has 1 aromatic heterocycles. The number of nitrogens with zero attached hydrogens (tertiary/aromatic N) is 2. The lowest BCUT2D eigenvalue weighted by Gasteiger charge is -2.12. The first-order valence-electron chi connectivity index (χ1n) is 4.49. The van der Waals surface area contributed by atoms with Gasteiger partial charge in [0.15, 0.2) is 0 Å². The Labute approximate surface area is 111 Å². The number of aromatic nitrogens is 2. The fourth-order valence-corrected chi connectivity index (χ4v) is 2.07. The third-order valence-corrected chi connectivity index (χ3v) is 4.51. The van der Waals surface area contributed by atoms with Gasteiger partial charge in [-0.25, -0.2) is 9.97 Å². The van der Waals surface area contributed by atoms with Crippen molar-refractivity contribution in [3.63, 3.8) is 0 Å². The Kier molecular flexibility index (Phi) is 5.29. The zero-order chi connectivity index (χ0) is 11.4. The number of hydrogen-bond acceptors (Lipinski definition) is 3. The fourth-order valence-electron chi connectivity index (χ4n) is 1.23. The largest absolute Gasteiger partial charge is 0.373 e. The van der Waals surface area contributed by atoms with Crippen LogP contribution < -0.4 is 5.32 Å². The Balaban J connectivity index is 3.04. The van der Waals surface area contributed by atoms with Crippen molar-refractivity contribution >= 4 is 49.3 Å². The van der Waals surface area contributed by atoms with Crippen LogP contribution in [-0.4, -0.2) is 27.2 Å². The second-order valence-electron chi connectivity index (χ2n) is 3.09. The minimum atomic E-state index is 0.327. The second kappa shape index (κ2) is 6.01. The Morgan fingerprint density at radius 3 is 2.67 bits per heavy atom. The van der Waals surface area contributed by atoms with Crippen molar-refractivity contribution in [1.82, 2.24) is 9.97 Å². The van der Waals surface area contributed by atoms with Crippen LogP contribution in [0.4, 0.5) is 5.82 Å². The highest BCUT2D eigenvalue weighted by atomic mass is 79.9. The molecule has 1 aromatic rings. The smallest absolute Gasteiger partial charge is 0.138 e. The Bertz CT molecular complexity index is 346. The molecule has 0 aliphatic carbocycles. The van der Waals surface area contributed by atoms with Gasteiger partial charge in [0.2, 0.25) is 0 Å². The molecular formula is C9H12Br2ClN3. The molecule has 1 atom stereocenters. The third kappa shape index (κ3) is 3.57. The molecule has 0 aliphatic heterocycles. The standard InChI is InChI=1S/C9H12Br2ClN3/c1-5-14-8(12)7(3-6(11)4-10)9(13-2)15-5/h6H,3-4H2,1-2H3,(H,13,14,15). The zero-order valence-electron chi connectivity index (χ0n) is 8.52. The first-order chi connectivity index (χ1) is 7.08.